The Balaban J connectivity index is 1.98. The van der Waals surface area contributed by atoms with E-state index in [4.69, 9.17) is 10.7 Å². The highest BCUT2D eigenvalue weighted by Crippen LogP contribution is 2.41. The number of aromatic nitrogens is 3. The van der Waals surface area contributed by atoms with Gasteiger partial charge in [-0.15, -0.1) is 11.3 Å². The van der Waals surface area contributed by atoms with Gasteiger partial charge in [-0.25, -0.2) is 15.0 Å². The number of hydrogen-bond acceptors (Lipinski definition) is 6. The fourth-order valence-corrected chi connectivity index (χ4v) is 5.44. The number of pyridine rings is 1. The van der Waals surface area contributed by atoms with Gasteiger partial charge in [-0.05, 0) is 43.2 Å². The highest BCUT2D eigenvalue weighted by Gasteiger charge is 2.22. The second kappa shape index (κ2) is 6.29. The van der Waals surface area contributed by atoms with Gasteiger partial charge in [0, 0.05) is 11.1 Å². The van der Waals surface area contributed by atoms with Crippen LogP contribution < -0.4 is 5.73 Å². The SMILES string of the molecule is CCc1nc2sc3c(SCC(N)=O)ncnc3c2c2c1CCCC2. The Hall–Kier alpha value is -1.73. The van der Waals surface area contributed by atoms with Gasteiger partial charge in [0.15, 0.2) is 0 Å². The summed E-state index contributed by atoms with van der Waals surface area (Å²) in [5.74, 6) is -0.108. The zero-order valence-electron chi connectivity index (χ0n) is 13.5. The number of rotatable bonds is 4. The molecule has 0 atom stereocenters. The number of nitrogens with two attached hydrogens (primary N) is 1. The van der Waals surface area contributed by atoms with E-state index >= 15 is 0 Å². The molecule has 0 spiro atoms. The first-order valence-corrected chi connectivity index (χ1v) is 9.98. The minimum atomic E-state index is -0.336. The molecule has 2 N–H and O–H groups in total. The van der Waals surface area contributed by atoms with E-state index in [1.54, 1.807) is 17.7 Å². The summed E-state index contributed by atoms with van der Waals surface area (Å²) in [6, 6.07) is 0. The molecule has 3 aromatic heterocycles. The third-order valence-electron chi connectivity index (χ3n) is 4.46. The highest BCUT2D eigenvalue weighted by atomic mass is 32.2. The smallest absolute Gasteiger partial charge is 0.227 e. The lowest BCUT2D eigenvalue weighted by Gasteiger charge is -2.19. The van der Waals surface area contributed by atoms with Crippen LogP contribution in [0.3, 0.4) is 0 Å². The Labute approximate surface area is 148 Å². The number of thiophene rings is 1. The van der Waals surface area contributed by atoms with Crippen molar-refractivity contribution in [1.82, 2.24) is 15.0 Å². The molecule has 3 heterocycles. The lowest BCUT2D eigenvalue weighted by Crippen LogP contribution is -2.13. The normalized spacial score (nSPS) is 14.2. The van der Waals surface area contributed by atoms with Gasteiger partial charge >= 0.3 is 0 Å². The van der Waals surface area contributed by atoms with Crippen LogP contribution in [0, 0.1) is 0 Å². The standard InChI is InChI=1S/C17H18N4OS2/c1-2-11-9-5-3-4-6-10(9)13-14-15(24-16(13)21-11)17(20-8-19-14)23-7-12(18)22/h8H,2-7H2,1H3,(H2,18,22). The van der Waals surface area contributed by atoms with Crippen LogP contribution in [-0.2, 0) is 24.1 Å². The topological polar surface area (TPSA) is 81.8 Å². The van der Waals surface area contributed by atoms with Crippen molar-refractivity contribution in [2.75, 3.05) is 5.75 Å². The van der Waals surface area contributed by atoms with E-state index in [1.807, 2.05) is 0 Å². The largest absolute Gasteiger partial charge is 0.369 e. The van der Waals surface area contributed by atoms with Gasteiger partial charge in [-0.3, -0.25) is 4.79 Å². The van der Waals surface area contributed by atoms with Crippen molar-refractivity contribution in [2.45, 2.75) is 44.1 Å². The summed E-state index contributed by atoms with van der Waals surface area (Å²) >= 11 is 3.01. The minimum Gasteiger partial charge on any atom is -0.369 e. The number of primary amides is 1. The number of nitrogens with zero attached hydrogens (tertiary/aromatic N) is 3. The Morgan fingerprint density at radius 2 is 2.08 bits per heavy atom. The monoisotopic (exact) mass is 358 g/mol. The fourth-order valence-electron chi connectivity index (χ4n) is 3.45. The van der Waals surface area contributed by atoms with E-state index in [-0.39, 0.29) is 11.7 Å². The summed E-state index contributed by atoms with van der Waals surface area (Å²) in [6.45, 7) is 2.17. The number of aryl methyl sites for hydroxylation is 2. The number of fused-ring (bicyclic) bond motifs is 5. The summed E-state index contributed by atoms with van der Waals surface area (Å²) in [5.41, 5.74) is 10.3. The van der Waals surface area contributed by atoms with Crippen molar-refractivity contribution < 1.29 is 4.79 Å². The predicted molar refractivity (Wildman–Crippen MR) is 98.7 cm³/mol. The second-order valence-electron chi connectivity index (χ2n) is 5.97. The summed E-state index contributed by atoms with van der Waals surface area (Å²) in [6.07, 6.45) is 7.22. The molecule has 5 nitrogen and oxygen atoms in total. The summed E-state index contributed by atoms with van der Waals surface area (Å²) in [4.78, 5) is 26.0. The molecule has 0 radical (unpaired) electrons. The molecule has 1 aliphatic carbocycles. The highest BCUT2D eigenvalue weighted by molar-refractivity contribution is 8.00. The predicted octanol–water partition coefficient (Wildman–Crippen LogP) is 3.26. The van der Waals surface area contributed by atoms with Crippen LogP contribution in [0.4, 0.5) is 0 Å². The van der Waals surface area contributed by atoms with Gasteiger partial charge in [-0.2, -0.15) is 0 Å². The number of carbonyl (C=O) groups excluding carboxylic acids is 1. The van der Waals surface area contributed by atoms with Crippen LogP contribution in [-0.4, -0.2) is 26.6 Å². The van der Waals surface area contributed by atoms with Crippen LogP contribution >= 0.6 is 23.1 Å². The van der Waals surface area contributed by atoms with E-state index in [1.165, 1.54) is 46.8 Å². The van der Waals surface area contributed by atoms with Gasteiger partial charge in [-0.1, -0.05) is 18.7 Å². The number of carbonyl (C=O) groups is 1. The molecule has 0 fully saturated rings. The molecule has 0 aromatic carbocycles. The Bertz CT molecular complexity index is 951. The Morgan fingerprint density at radius 1 is 1.29 bits per heavy atom. The third kappa shape index (κ3) is 2.56. The maximum atomic E-state index is 11.1. The fraction of sp³-hybridized carbons (Fsp3) is 0.412. The summed E-state index contributed by atoms with van der Waals surface area (Å²) < 4.78 is 1.02. The lowest BCUT2D eigenvalue weighted by atomic mass is 9.88. The quantitative estimate of drug-likeness (QED) is 0.572. The molecule has 4 rings (SSSR count). The Morgan fingerprint density at radius 3 is 2.83 bits per heavy atom. The molecule has 3 aromatic rings. The van der Waals surface area contributed by atoms with Gasteiger partial charge in [0.05, 0.1) is 16.0 Å². The molecule has 24 heavy (non-hydrogen) atoms. The van der Waals surface area contributed by atoms with E-state index in [2.05, 4.69) is 16.9 Å². The van der Waals surface area contributed by atoms with Crippen molar-refractivity contribution in [2.24, 2.45) is 5.73 Å². The number of hydrogen-bond donors (Lipinski definition) is 1. The molecule has 1 aliphatic rings. The van der Waals surface area contributed by atoms with Gasteiger partial charge in [0.25, 0.3) is 0 Å². The first kappa shape index (κ1) is 15.8. The molecule has 1 amide bonds. The zero-order valence-corrected chi connectivity index (χ0v) is 15.1. The Kier molecular flexibility index (Phi) is 4.14. The molecule has 7 heteroatoms. The van der Waals surface area contributed by atoms with Crippen molar-refractivity contribution in [3.63, 3.8) is 0 Å². The van der Waals surface area contributed by atoms with Crippen molar-refractivity contribution in [3.8, 4) is 0 Å². The van der Waals surface area contributed by atoms with Gasteiger partial charge in [0.1, 0.15) is 16.2 Å². The van der Waals surface area contributed by atoms with Crippen molar-refractivity contribution >= 4 is 49.4 Å². The maximum Gasteiger partial charge on any atom is 0.227 e. The van der Waals surface area contributed by atoms with E-state index in [9.17, 15) is 4.79 Å². The first-order valence-electron chi connectivity index (χ1n) is 8.18. The van der Waals surface area contributed by atoms with Crippen LogP contribution in [0.1, 0.15) is 36.6 Å². The molecule has 0 saturated carbocycles. The van der Waals surface area contributed by atoms with Crippen molar-refractivity contribution in [3.05, 3.63) is 23.1 Å². The van der Waals surface area contributed by atoms with Crippen LogP contribution in [0.5, 0.6) is 0 Å². The van der Waals surface area contributed by atoms with Crippen LogP contribution in [0.15, 0.2) is 11.4 Å². The second-order valence-corrected chi connectivity index (χ2v) is 7.93. The molecular formula is C17H18N4OS2. The van der Waals surface area contributed by atoms with Crippen molar-refractivity contribution in [1.29, 1.82) is 0 Å². The molecule has 0 bridgehead atoms. The molecule has 0 saturated heterocycles. The first-order chi connectivity index (χ1) is 11.7. The zero-order chi connectivity index (χ0) is 16.7. The van der Waals surface area contributed by atoms with Gasteiger partial charge < -0.3 is 5.73 Å². The summed E-state index contributed by atoms with van der Waals surface area (Å²) in [7, 11) is 0. The third-order valence-corrected chi connectivity index (χ3v) is 6.68. The van der Waals surface area contributed by atoms with Crippen LogP contribution in [0.2, 0.25) is 0 Å². The van der Waals surface area contributed by atoms with E-state index in [0.29, 0.717) is 0 Å². The molecule has 0 unspecified atom stereocenters. The maximum absolute atomic E-state index is 11.1. The average Bonchev–Trinajstić information content (AvgIpc) is 2.98. The van der Waals surface area contributed by atoms with Crippen LogP contribution in [0.25, 0.3) is 20.4 Å². The molecular weight excluding hydrogens is 340 g/mol. The number of thioether (sulfide) groups is 1. The van der Waals surface area contributed by atoms with E-state index in [0.717, 1.165) is 39.3 Å². The number of amides is 1. The molecule has 124 valence electrons. The summed E-state index contributed by atoms with van der Waals surface area (Å²) in [5, 5.41) is 2.02. The molecule has 0 aliphatic heterocycles. The lowest BCUT2D eigenvalue weighted by molar-refractivity contribution is -0.115. The van der Waals surface area contributed by atoms with Gasteiger partial charge in [0.2, 0.25) is 5.91 Å². The van der Waals surface area contributed by atoms with E-state index < -0.39 is 0 Å². The minimum absolute atomic E-state index is 0.228. The average molecular weight is 358 g/mol.